The Bertz CT molecular complexity index is 525. The van der Waals surface area contributed by atoms with E-state index in [4.69, 9.17) is 5.11 Å². The molecule has 1 aromatic rings. The Labute approximate surface area is 115 Å². The number of anilines is 1. The summed E-state index contributed by atoms with van der Waals surface area (Å²) in [7, 11) is 0. The van der Waals surface area contributed by atoms with Crippen molar-refractivity contribution in [1.29, 1.82) is 0 Å². The molecule has 0 aliphatic heterocycles. The van der Waals surface area contributed by atoms with Gasteiger partial charge in [0.25, 0.3) is 5.92 Å². The van der Waals surface area contributed by atoms with E-state index in [1.807, 2.05) is 13.8 Å². The van der Waals surface area contributed by atoms with Gasteiger partial charge in [0, 0.05) is 18.7 Å². The Balaban J connectivity index is 3.13. The fourth-order valence-electron chi connectivity index (χ4n) is 1.35. The van der Waals surface area contributed by atoms with E-state index in [0.29, 0.717) is 5.56 Å². The van der Waals surface area contributed by atoms with E-state index in [-0.39, 0.29) is 5.82 Å². The summed E-state index contributed by atoms with van der Waals surface area (Å²) in [5.74, 6) is -4.57. The van der Waals surface area contributed by atoms with E-state index in [0.717, 1.165) is 18.9 Å². The molecule has 0 unspecified atom stereocenters. The number of carboxylic acids is 1. The van der Waals surface area contributed by atoms with Crippen molar-refractivity contribution in [2.24, 2.45) is 0 Å². The lowest BCUT2D eigenvalue weighted by Crippen LogP contribution is -2.24. The van der Waals surface area contributed by atoms with Gasteiger partial charge in [0.05, 0.1) is 6.54 Å². The van der Waals surface area contributed by atoms with Gasteiger partial charge in [-0.1, -0.05) is 18.6 Å². The van der Waals surface area contributed by atoms with Gasteiger partial charge < -0.3 is 10.4 Å². The Kier molecular flexibility index (Phi) is 5.12. The molecule has 5 nitrogen and oxygen atoms in total. The van der Waals surface area contributed by atoms with Gasteiger partial charge in [-0.3, -0.25) is 0 Å². The first-order valence-electron chi connectivity index (χ1n) is 6.12. The molecule has 110 valence electrons. The minimum Gasteiger partial charge on any atom is -0.475 e. The van der Waals surface area contributed by atoms with Crippen LogP contribution in [0.5, 0.6) is 0 Å². The average Bonchev–Trinajstić information content (AvgIpc) is 2.36. The van der Waals surface area contributed by atoms with E-state index < -0.39 is 24.3 Å². The number of nitrogens with one attached hydrogen (secondary N) is 1. The van der Waals surface area contributed by atoms with Gasteiger partial charge in [0.2, 0.25) is 5.82 Å². The number of alkyl halides is 2. The van der Waals surface area contributed by atoms with Crippen molar-refractivity contribution in [1.82, 2.24) is 9.97 Å². The Morgan fingerprint density at radius 1 is 1.55 bits per heavy atom. The third-order valence-corrected chi connectivity index (χ3v) is 2.53. The van der Waals surface area contributed by atoms with E-state index in [1.54, 1.807) is 6.08 Å². The molecule has 1 rings (SSSR count). The molecular formula is C13H17F2N3O2. The maximum atomic E-state index is 12.9. The van der Waals surface area contributed by atoms with Crippen LogP contribution in [-0.4, -0.2) is 33.5 Å². The first-order chi connectivity index (χ1) is 9.23. The van der Waals surface area contributed by atoms with Gasteiger partial charge >= 0.3 is 5.97 Å². The summed E-state index contributed by atoms with van der Waals surface area (Å²) in [5, 5.41) is 11.3. The van der Waals surface area contributed by atoms with Crippen molar-refractivity contribution in [2.75, 3.05) is 11.9 Å². The smallest absolute Gasteiger partial charge is 0.374 e. The molecule has 0 bridgehead atoms. The second kappa shape index (κ2) is 6.40. The molecule has 0 saturated heterocycles. The van der Waals surface area contributed by atoms with E-state index in [9.17, 15) is 13.6 Å². The lowest BCUT2D eigenvalue weighted by Gasteiger charge is -2.14. The SMILES string of the molecule is CC/C(C)=C/c1cnc(C(=O)O)nc1NCC(C)(F)F. The zero-order valence-electron chi connectivity index (χ0n) is 11.6. The molecule has 0 saturated carbocycles. The third kappa shape index (κ3) is 4.91. The summed E-state index contributed by atoms with van der Waals surface area (Å²) in [6.45, 7) is 3.97. The minimum atomic E-state index is -2.92. The Hall–Kier alpha value is -2.05. The molecule has 0 radical (unpaired) electrons. The predicted molar refractivity (Wildman–Crippen MR) is 72.0 cm³/mol. The molecule has 0 aliphatic rings. The van der Waals surface area contributed by atoms with Crippen molar-refractivity contribution < 1.29 is 18.7 Å². The van der Waals surface area contributed by atoms with E-state index >= 15 is 0 Å². The van der Waals surface area contributed by atoms with Crippen LogP contribution in [0, 0.1) is 0 Å². The van der Waals surface area contributed by atoms with E-state index in [1.165, 1.54) is 6.20 Å². The number of aromatic nitrogens is 2. The Morgan fingerprint density at radius 3 is 2.70 bits per heavy atom. The van der Waals surface area contributed by atoms with Crippen molar-refractivity contribution in [3.63, 3.8) is 0 Å². The van der Waals surface area contributed by atoms with Crippen LogP contribution in [0.2, 0.25) is 0 Å². The summed E-state index contributed by atoms with van der Waals surface area (Å²) < 4.78 is 25.8. The fraction of sp³-hybridized carbons (Fsp3) is 0.462. The molecule has 0 aliphatic carbocycles. The minimum absolute atomic E-state index is 0.0896. The summed E-state index contributed by atoms with van der Waals surface area (Å²) >= 11 is 0. The average molecular weight is 285 g/mol. The number of carbonyl (C=O) groups is 1. The maximum absolute atomic E-state index is 12.9. The highest BCUT2D eigenvalue weighted by Gasteiger charge is 2.21. The molecule has 0 aromatic carbocycles. The van der Waals surface area contributed by atoms with Gasteiger partial charge in [0.1, 0.15) is 5.82 Å². The molecule has 2 N–H and O–H groups in total. The molecule has 7 heteroatoms. The molecule has 0 spiro atoms. The highest BCUT2D eigenvalue weighted by molar-refractivity contribution is 5.84. The standard InChI is InChI=1S/C13H17F2N3O2/c1-4-8(2)5-9-6-16-11(12(19)20)18-10(9)17-7-13(3,14)15/h5-6H,4,7H2,1-3H3,(H,19,20)(H,16,17,18)/b8-5+. The van der Waals surface area contributed by atoms with E-state index in [2.05, 4.69) is 15.3 Å². The number of halogens is 2. The largest absolute Gasteiger partial charge is 0.475 e. The van der Waals surface area contributed by atoms with Crippen LogP contribution in [-0.2, 0) is 0 Å². The second-order valence-electron chi connectivity index (χ2n) is 4.57. The summed E-state index contributed by atoms with van der Waals surface area (Å²) in [4.78, 5) is 18.3. The van der Waals surface area contributed by atoms with Crippen molar-refractivity contribution >= 4 is 17.9 Å². The molecule has 20 heavy (non-hydrogen) atoms. The highest BCUT2D eigenvalue weighted by Crippen LogP contribution is 2.19. The van der Waals surface area contributed by atoms with Crippen LogP contribution < -0.4 is 5.32 Å². The third-order valence-electron chi connectivity index (χ3n) is 2.53. The van der Waals surface area contributed by atoms with Crippen molar-refractivity contribution in [3.8, 4) is 0 Å². The number of hydrogen-bond acceptors (Lipinski definition) is 4. The Morgan fingerprint density at radius 2 is 2.20 bits per heavy atom. The number of allylic oxidation sites excluding steroid dienone is 1. The fourth-order valence-corrected chi connectivity index (χ4v) is 1.35. The monoisotopic (exact) mass is 285 g/mol. The first kappa shape index (κ1) is 16.0. The number of aromatic carboxylic acids is 1. The number of hydrogen-bond donors (Lipinski definition) is 2. The number of rotatable bonds is 6. The normalized spacial score (nSPS) is 12.3. The van der Waals surface area contributed by atoms with Gasteiger partial charge in [0.15, 0.2) is 0 Å². The zero-order chi connectivity index (χ0) is 15.3. The lowest BCUT2D eigenvalue weighted by molar-refractivity contribution is 0.0367. The van der Waals surface area contributed by atoms with Crippen LogP contribution in [0.1, 0.15) is 43.4 Å². The van der Waals surface area contributed by atoms with Gasteiger partial charge in [-0.2, -0.15) is 0 Å². The van der Waals surface area contributed by atoms with Crippen LogP contribution in [0.25, 0.3) is 6.08 Å². The molecule has 1 aromatic heterocycles. The second-order valence-corrected chi connectivity index (χ2v) is 4.57. The highest BCUT2D eigenvalue weighted by atomic mass is 19.3. The summed E-state index contributed by atoms with van der Waals surface area (Å²) in [6.07, 6.45) is 3.83. The summed E-state index contributed by atoms with van der Waals surface area (Å²) in [5.41, 5.74) is 1.49. The molecule has 0 atom stereocenters. The van der Waals surface area contributed by atoms with Crippen molar-refractivity contribution in [3.05, 3.63) is 23.2 Å². The molecule has 0 amide bonds. The van der Waals surface area contributed by atoms with Gasteiger partial charge in [-0.25, -0.2) is 23.5 Å². The van der Waals surface area contributed by atoms with Crippen LogP contribution in [0.3, 0.4) is 0 Å². The topological polar surface area (TPSA) is 75.1 Å². The molecule has 1 heterocycles. The quantitative estimate of drug-likeness (QED) is 0.840. The molecular weight excluding hydrogens is 268 g/mol. The van der Waals surface area contributed by atoms with Crippen molar-refractivity contribution in [2.45, 2.75) is 33.1 Å². The first-order valence-corrected chi connectivity index (χ1v) is 6.12. The predicted octanol–water partition coefficient (Wildman–Crippen LogP) is 3.06. The lowest BCUT2D eigenvalue weighted by atomic mass is 10.1. The number of nitrogens with zero attached hydrogens (tertiary/aromatic N) is 2. The maximum Gasteiger partial charge on any atom is 0.374 e. The van der Waals surface area contributed by atoms with Gasteiger partial charge in [-0.05, 0) is 13.3 Å². The summed E-state index contributed by atoms with van der Waals surface area (Å²) in [6, 6.07) is 0. The van der Waals surface area contributed by atoms with Gasteiger partial charge in [-0.15, -0.1) is 0 Å². The number of carboxylic acid groups (broad SMARTS) is 1. The van der Waals surface area contributed by atoms with Crippen LogP contribution in [0.4, 0.5) is 14.6 Å². The van der Waals surface area contributed by atoms with Crippen LogP contribution >= 0.6 is 0 Å². The van der Waals surface area contributed by atoms with Crippen LogP contribution in [0.15, 0.2) is 11.8 Å². The molecule has 0 fully saturated rings. The zero-order valence-corrected chi connectivity index (χ0v) is 11.6.